The van der Waals surface area contributed by atoms with Crippen LogP contribution in [0.15, 0.2) is 53.5 Å². The van der Waals surface area contributed by atoms with Gasteiger partial charge in [-0.15, -0.1) is 24.0 Å². The molecule has 2 rings (SSSR count). The van der Waals surface area contributed by atoms with E-state index >= 15 is 0 Å². The van der Waals surface area contributed by atoms with E-state index in [0.29, 0.717) is 19.7 Å². The van der Waals surface area contributed by atoms with Gasteiger partial charge in [0, 0.05) is 32.7 Å². The molecule has 6 heteroatoms. The summed E-state index contributed by atoms with van der Waals surface area (Å²) >= 11 is 0. The Labute approximate surface area is 178 Å². The van der Waals surface area contributed by atoms with Crippen molar-refractivity contribution in [1.29, 1.82) is 0 Å². The summed E-state index contributed by atoms with van der Waals surface area (Å²) in [6.07, 6.45) is 0. The van der Waals surface area contributed by atoms with Crippen LogP contribution in [0.2, 0.25) is 0 Å². The molecule has 0 aliphatic carbocycles. The minimum Gasteiger partial charge on any atom is -0.380 e. The number of nitrogens with one attached hydrogen (secondary N) is 2. The third-order valence-corrected chi connectivity index (χ3v) is 4.32. The molecule has 0 radical (unpaired) electrons. The summed E-state index contributed by atoms with van der Waals surface area (Å²) in [5, 5.41) is 6.63. The summed E-state index contributed by atoms with van der Waals surface area (Å²) in [6, 6.07) is 15.0. The van der Waals surface area contributed by atoms with Crippen molar-refractivity contribution in [3.05, 3.63) is 71.0 Å². The van der Waals surface area contributed by atoms with Gasteiger partial charge in [0.1, 0.15) is 5.82 Å². The minimum absolute atomic E-state index is 0. The lowest BCUT2D eigenvalue weighted by molar-refractivity contribution is 0.185. The molecular weight excluding hydrogens is 456 g/mol. The SMILES string of the molecule is CN=C(NCc1ccc(COC)cc1)NCC(C)(C)c1cccc(F)c1.I. The third-order valence-electron chi connectivity index (χ3n) is 4.32. The predicted octanol–water partition coefficient (Wildman–Crippen LogP) is 4.23. The molecule has 0 aliphatic rings. The van der Waals surface area contributed by atoms with Crippen LogP contribution in [-0.2, 0) is 23.3 Å². The Morgan fingerprint density at radius 3 is 2.33 bits per heavy atom. The van der Waals surface area contributed by atoms with Crippen molar-refractivity contribution in [1.82, 2.24) is 10.6 Å². The summed E-state index contributed by atoms with van der Waals surface area (Å²) in [7, 11) is 3.43. The van der Waals surface area contributed by atoms with Crippen molar-refractivity contribution in [2.24, 2.45) is 4.99 Å². The zero-order chi connectivity index (χ0) is 19.0. The van der Waals surface area contributed by atoms with Crippen molar-refractivity contribution in [3.63, 3.8) is 0 Å². The minimum atomic E-state index is -0.221. The summed E-state index contributed by atoms with van der Waals surface area (Å²) < 4.78 is 18.6. The topological polar surface area (TPSA) is 45.7 Å². The maximum absolute atomic E-state index is 13.5. The maximum Gasteiger partial charge on any atom is 0.191 e. The van der Waals surface area contributed by atoms with Gasteiger partial charge in [-0.2, -0.15) is 0 Å². The molecule has 0 saturated carbocycles. The first-order chi connectivity index (χ1) is 12.4. The Balaban J connectivity index is 0.00000364. The lowest BCUT2D eigenvalue weighted by Gasteiger charge is -2.27. The van der Waals surface area contributed by atoms with Crippen LogP contribution < -0.4 is 10.6 Å². The highest BCUT2D eigenvalue weighted by Crippen LogP contribution is 2.22. The predicted molar refractivity (Wildman–Crippen MR) is 120 cm³/mol. The van der Waals surface area contributed by atoms with E-state index in [4.69, 9.17) is 4.74 Å². The van der Waals surface area contributed by atoms with Crippen LogP contribution >= 0.6 is 24.0 Å². The van der Waals surface area contributed by atoms with E-state index < -0.39 is 0 Å². The van der Waals surface area contributed by atoms with Crippen molar-refractivity contribution >= 4 is 29.9 Å². The molecule has 0 unspecified atom stereocenters. The Kier molecular flexibility index (Phi) is 9.73. The number of rotatable bonds is 7. The molecule has 0 atom stereocenters. The van der Waals surface area contributed by atoms with Gasteiger partial charge in [-0.25, -0.2) is 4.39 Å². The molecule has 0 aliphatic heterocycles. The van der Waals surface area contributed by atoms with Crippen molar-refractivity contribution in [3.8, 4) is 0 Å². The summed E-state index contributed by atoms with van der Waals surface area (Å²) in [5.74, 6) is 0.505. The van der Waals surface area contributed by atoms with E-state index in [1.807, 2.05) is 6.07 Å². The maximum atomic E-state index is 13.5. The van der Waals surface area contributed by atoms with Crippen LogP contribution in [0.4, 0.5) is 4.39 Å². The Hall–Kier alpha value is -1.67. The molecule has 2 aromatic carbocycles. The first kappa shape index (κ1) is 23.4. The second-order valence-corrected chi connectivity index (χ2v) is 6.92. The van der Waals surface area contributed by atoms with Crippen molar-refractivity contribution in [2.45, 2.75) is 32.4 Å². The lowest BCUT2D eigenvalue weighted by atomic mass is 9.84. The number of hydrogen-bond acceptors (Lipinski definition) is 2. The molecule has 0 bridgehead atoms. The molecule has 0 fully saturated rings. The number of halogens is 2. The highest BCUT2D eigenvalue weighted by atomic mass is 127. The fourth-order valence-corrected chi connectivity index (χ4v) is 2.64. The van der Waals surface area contributed by atoms with Gasteiger partial charge in [-0.05, 0) is 28.8 Å². The van der Waals surface area contributed by atoms with Gasteiger partial charge in [-0.1, -0.05) is 50.2 Å². The van der Waals surface area contributed by atoms with Crippen LogP contribution in [0, 0.1) is 5.82 Å². The Morgan fingerprint density at radius 1 is 1.07 bits per heavy atom. The van der Waals surface area contributed by atoms with E-state index in [1.165, 1.54) is 6.07 Å². The molecule has 2 N–H and O–H groups in total. The molecule has 0 saturated heterocycles. The standard InChI is InChI=1S/C21H28FN3O.HI/c1-21(2,18-6-5-7-19(22)12-18)15-25-20(23-3)24-13-16-8-10-17(11-9-16)14-26-4;/h5-12H,13-15H2,1-4H3,(H2,23,24,25);1H. The largest absolute Gasteiger partial charge is 0.380 e. The second kappa shape index (κ2) is 11.2. The zero-order valence-electron chi connectivity index (χ0n) is 16.4. The van der Waals surface area contributed by atoms with Crippen molar-refractivity contribution < 1.29 is 9.13 Å². The van der Waals surface area contributed by atoms with Crippen LogP contribution in [0.1, 0.15) is 30.5 Å². The number of guanidine groups is 1. The third kappa shape index (κ3) is 7.46. The number of nitrogens with zero attached hydrogens (tertiary/aromatic N) is 1. The van der Waals surface area contributed by atoms with Crippen LogP contribution in [0.5, 0.6) is 0 Å². The fourth-order valence-electron chi connectivity index (χ4n) is 2.64. The van der Waals surface area contributed by atoms with Gasteiger partial charge in [0.15, 0.2) is 5.96 Å². The van der Waals surface area contributed by atoms with E-state index in [0.717, 1.165) is 22.6 Å². The average Bonchev–Trinajstić information content (AvgIpc) is 2.63. The normalized spacial score (nSPS) is 11.7. The summed E-state index contributed by atoms with van der Waals surface area (Å²) in [4.78, 5) is 4.26. The first-order valence-electron chi connectivity index (χ1n) is 8.72. The van der Waals surface area contributed by atoms with E-state index in [1.54, 1.807) is 26.3 Å². The van der Waals surface area contributed by atoms with E-state index in [2.05, 4.69) is 53.7 Å². The highest BCUT2D eigenvalue weighted by molar-refractivity contribution is 14.0. The number of aliphatic imine (C=N–C) groups is 1. The quantitative estimate of drug-likeness (QED) is 0.351. The number of ether oxygens (including phenoxy) is 1. The highest BCUT2D eigenvalue weighted by Gasteiger charge is 2.21. The van der Waals surface area contributed by atoms with Gasteiger partial charge >= 0.3 is 0 Å². The molecule has 2 aromatic rings. The van der Waals surface area contributed by atoms with E-state index in [9.17, 15) is 4.39 Å². The van der Waals surface area contributed by atoms with Gasteiger partial charge in [-0.3, -0.25) is 4.99 Å². The molecule has 4 nitrogen and oxygen atoms in total. The summed E-state index contributed by atoms with van der Waals surface area (Å²) in [6.45, 7) is 6.09. The molecule has 0 heterocycles. The Morgan fingerprint density at radius 2 is 1.74 bits per heavy atom. The van der Waals surface area contributed by atoms with E-state index in [-0.39, 0.29) is 35.2 Å². The average molecular weight is 485 g/mol. The summed E-state index contributed by atoms with van der Waals surface area (Å²) in [5.41, 5.74) is 3.05. The molecule has 0 amide bonds. The van der Waals surface area contributed by atoms with Crippen molar-refractivity contribution in [2.75, 3.05) is 20.7 Å². The molecule has 27 heavy (non-hydrogen) atoms. The fraction of sp³-hybridized carbons (Fsp3) is 0.381. The van der Waals surface area contributed by atoms with Crippen LogP contribution in [0.3, 0.4) is 0 Å². The first-order valence-corrected chi connectivity index (χ1v) is 8.72. The zero-order valence-corrected chi connectivity index (χ0v) is 18.7. The molecule has 0 spiro atoms. The number of benzene rings is 2. The molecule has 0 aromatic heterocycles. The van der Waals surface area contributed by atoms with Gasteiger partial charge in [0.2, 0.25) is 0 Å². The van der Waals surface area contributed by atoms with Gasteiger partial charge in [0.25, 0.3) is 0 Å². The molecular formula is C21H29FIN3O. The monoisotopic (exact) mass is 485 g/mol. The van der Waals surface area contributed by atoms with Crippen LogP contribution in [-0.4, -0.2) is 26.7 Å². The van der Waals surface area contributed by atoms with Gasteiger partial charge < -0.3 is 15.4 Å². The second-order valence-electron chi connectivity index (χ2n) is 6.92. The lowest BCUT2D eigenvalue weighted by Crippen LogP contribution is -2.43. The smallest absolute Gasteiger partial charge is 0.191 e. The molecule has 148 valence electrons. The number of methoxy groups -OCH3 is 1. The van der Waals surface area contributed by atoms with Gasteiger partial charge in [0.05, 0.1) is 6.61 Å². The Bertz CT molecular complexity index is 732. The van der Waals surface area contributed by atoms with Crippen LogP contribution in [0.25, 0.3) is 0 Å². The number of hydrogen-bond donors (Lipinski definition) is 2.